The highest BCUT2D eigenvalue weighted by atomic mass is 19.4. The summed E-state index contributed by atoms with van der Waals surface area (Å²) in [7, 11) is 1.64. The third-order valence-corrected chi connectivity index (χ3v) is 14.0. The molecule has 0 unspecified atom stereocenters. The normalized spacial score (nSPS) is 11.5. The van der Waals surface area contributed by atoms with Gasteiger partial charge in [0.2, 0.25) is 0 Å². The molecule has 0 aliphatic heterocycles. The number of anilines is 2. The summed E-state index contributed by atoms with van der Waals surface area (Å²) in [4.78, 5) is 46.6. The fourth-order valence-corrected chi connectivity index (χ4v) is 9.07. The Kier molecular flexibility index (Phi) is 40.1. The van der Waals surface area contributed by atoms with Gasteiger partial charge < -0.3 is 82.4 Å². The van der Waals surface area contributed by atoms with Crippen molar-refractivity contribution in [3.05, 3.63) is 148 Å². The number of pyridine rings is 1. The van der Waals surface area contributed by atoms with E-state index in [1.54, 1.807) is 25.3 Å². The van der Waals surface area contributed by atoms with Crippen molar-refractivity contribution in [1.82, 2.24) is 15.6 Å². The number of halogens is 3. The second kappa shape index (κ2) is 48.2. The van der Waals surface area contributed by atoms with Gasteiger partial charge in [-0.15, -0.1) is 0 Å². The van der Waals surface area contributed by atoms with Gasteiger partial charge in [-0.2, -0.15) is 13.2 Å². The maximum Gasteiger partial charge on any atom is 0.416 e. The molecule has 21 nitrogen and oxygen atoms in total. The number of hydrogen-bond donors (Lipinski definition) is 3. The Morgan fingerprint density at radius 1 is 0.441 bits per heavy atom. The van der Waals surface area contributed by atoms with Crippen LogP contribution in [0.4, 0.5) is 24.5 Å². The summed E-state index contributed by atoms with van der Waals surface area (Å²) in [6.07, 6.45) is -0.00527. The number of nitrogens with one attached hydrogen (secondary N) is 3. The van der Waals surface area contributed by atoms with Crippen LogP contribution in [0.15, 0.2) is 109 Å². The van der Waals surface area contributed by atoms with Crippen LogP contribution in [-0.4, -0.2) is 215 Å². The molecule has 24 heteroatoms. The van der Waals surface area contributed by atoms with E-state index in [1.807, 2.05) is 68.4 Å². The Balaban J connectivity index is 0.823. The number of carbonyl (C=O) groups excluding carboxylic acids is 3. The van der Waals surface area contributed by atoms with Gasteiger partial charge in [-0.3, -0.25) is 19.4 Å². The summed E-state index contributed by atoms with van der Waals surface area (Å²) >= 11 is 0. The molecule has 0 saturated carbocycles. The summed E-state index contributed by atoms with van der Waals surface area (Å²) < 4.78 is 112. The molecular weight excluding hydrogens is 1210 g/mol. The van der Waals surface area contributed by atoms with Gasteiger partial charge in [-0.25, -0.2) is 0 Å². The monoisotopic (exact) mass is 1310 g/mol. The van der Waals surface area contributed by atoms with Crippen molar-refractivity contribution in [2.45, 2.75) is 52.3 Å². The van der Waals surface area contributed by atoms with Crippen molar-refractivity contribution in [3.63, 3.8) is 0 Å². The molecule has 1 aromatic heterocycles. The molecule has 1 heterocycles. The van der Waals surface area contributed by atoms with Crippen molar-refractivity contribution in [1.29, 1.82) is 0 Å². The van der Waals surface area contributed by atoms with Crippen molar-refractivity contribution in [3.8, 4) is 11.3 Å². The Labute approximate surface area is 545 Å². The second-order valence-electron chi connectivity index (χ2n) is 20.9. The van der Waals surface area contributed by atoms with Crippen LogP contribution in [0, 0.1) is 0 Å². The molecule has 0 atom stereocenters. The SMILES string of the molecule is CCN(CC)c1ccc(NC(=O)c2cccc(CCCOCCOCCOCCOCCNC(=O)c3cccc(CCCOCCOCCOCCOCCOCCOCCOCCOCCOC)c3)c2)c(-c2cc(C(=O)NCc3cccc(C(F)(F)F)c3)ccn2)c1. The highest BCUT2D eigenvalue weighted by molar-refractivity contribution is 6.06. The zero-order valence-corrected chi connectivity index (χ0v) is 54.3. The van der Waals surface area contributed by atoms with Crippen molar-refractivity contribution in [2.24, 2.45) is 0 Å². The molecule has 0 aliphatic carbocycles. The number of aryl methyl sites for hydroxylation is 2. The van der Waals surface area contributed by atoms with E-state index in [-0.39, 0.29) is 23.9 Å². The number of alkyl halides is 3. The third-order valence-electron chi connectivity index (χ3n) is 14.0. The fourth-order valence-electron chi connectivity index (χ4n) is 9.07. The smallest absolute Gasteiger partial charge is 0.382 e. The van der Waals surface area contributed by atoms with Gasteiger partial charge >= 0.3 is 6.18 Å². The number of amides is 3. The first kappa shape index (κ1) is 77.2. The molecule has 5 aromatic rings. The zero-order valence-electron chi connectivity index (χ0n) is 54.3. The Bertz CT molecular complexity index is 2830. The minimum absolute atomic E-state index is 0.107. The maximum absolute atomic E-state index is 13.8. The van der Waals surface area contributed by atoms with Gasteiger partial charge in [0.25, 0.3) is 17.7 Å². The number of ether oxygens (including phenoxy) is 13. The van der Waals surface area contributed by atoms with E-state index in [9.17, 15) is 27.6 Å². The molecule has 0 aliphatic rings. The van der Waals surface area contributed by atoms with Gasteiger partial charge in [-0.05, 0) is 123 Å². The zero-order chi connectivity index (χ0) is 66.2. The summed E-state index contributed by atoms with van der Waals surface area (Å²) in [6.45, 7) is 17.7. The van der Waals surface area contributed by atoms with E-state index < -0.39 is 17.6 Å². The molecule has 4 aromatic carbocycles. The summed E-state index contributed by atoms with van der Waals surface area (Å²) in [5.74, 6) is -0.975. The lowest BCUT2D eigenvalue weighted by atomic mass is 10.0. The first-order valence-electron chi connectivity index (χ1n) is 32.0. The van der Waals surface area contributed by atoms with E-state index in [2.05, 4.69) is 25.8 Å². The molecule has 514 valence electrons. The van der Waals surface area contributed by atoms with Crippen molar-refractivity contribution >= 4 is 29.1 Å². The lowest BCUT2D eigenvalue weighted by molar-refractivity contribution is -0.137. The van der Waals surface area contributed by atoms with Crippen LogP contribution < -0.4 is 20.9 Å². The van der Waals surface area contributed by atoms with Gasteiger partial charge in [0.1, 0.15) is 0 Å². The number of hydrogen-bond acceptors (Lipinski definition) is 18. The molecule has 0 radical (unpaired) electrons. The van der Waals surface area contributed by atoms with E-state index in [1.165, 1.54) is 24.4 Å². The minimum atomic E-state index is -4.50. The summed E-state index contributed by atoms with van der Waals surface area (Å²) in [6, 6.07) is 28.6. The Morgan fingerprint density at radius 2 is 0.860 bits per heavy atom. The molecule has 0 spiro atoms. The van der Waals surface area contributed by atoms with Crippen LogP contribution in [0.5, 0.6) is 0 Å². The van der Waals surface area contributed by atoms with Crippen LogP contribution in [0.1, 0.15) is 80.0 Å². The van der Waals surface area contributed by atoms with Crippen molar-refractivity contribution in [2.75, 3.05) is 202 Å². The lowest BCUT2D eigenvalue weighted by Gasteiger charge is -2.23. The number of aromatic nitrogens is 1. The first-order valence-corrected chi connectivity index (χ1v) is 32.0. The van der Waals surface area contributed by atoms with E-state index in [0.29, 0.717) is 212 Å². The fraction of sp³-hybridized carbons (Fsp3) is 0.536. The van der Waals surface area contributed by atoms with Gasteiger partial charge in [0.15, 0.2) is 0 Å². The standard InChI is InChI=1S/C69H96F3N5O16/c1-4-77(5-2)62-19-20-64(63(53-62)65-52-60(21-22-73-65)67(79)75-54-57-13-8-18-61(51-57)69(70,71)72)76-68(80)59-17-7-12-56(50-59)15-10-25-83-30-32-86-37-39-88-34-31-84-26-23-74-66(78)58-16-6-11-55(49-58)14-9-24-82-29-33-87-38-40-90-43-44-92-47-48-93-46-45-91-42-41-89-36-35-85-28-27-81-3/h6-8,11-13,16-22,49-53H,4-5,9-10,14-15,23-48,54H2,1-3H3,(H,74,78)(H,75,79)(H,76,80). The Morgan fingerprint density at radius 3 is 1.33 bits per heavy atom. The summed E-state index contributed by atoms with van der Waals surface area (Å²) in [5.41, 5.74) is 5.25. The second-order valence-corrected chi connectivity index (χ2v) is 20.9. The van der Waals surface area contributed by atoms with Crippen LogP contribution in [0.25, 0.3) is 11.3 Å². The highest BCUT2D eigenvalue weighted by Crippen LogP contribution is 2.33. The van der Waals surface area contributed by atoms with Crippen LogP contribution >= 0.6 is 0 Å². The number of methoxy groups -OCH3 is 1. The number of rotatable bonds is 54. The minimum Gasteiger partial charge on any atom is -0.382 e. The molecular formula is C69H96F3N5O16. The van der Waals surface area contributed by atoms with Gasteiger partial charge in [0.05, 0.1) is 169 Å². The average molecular weight is 1310 g/mol. The van der Waals surface area contributed by atoms with E-state index in [0.717, 1.165) is 61.3 Å². The third kappa shape index (κ3) is 33.5. The van der Waals surface area contributed by atoms with E-state index in [4.69, 9.17) is 61.6 Å². The van der Waals surface area contributed by atoms with E-state index >= 15 is 0 Å². The van der Waals surface area contributed by atoms with Crippen LogP contribution in [0.2, 0.25) is 0 Å². The Hall–Kier alpha value is -6.49. The number of benzene rings is 4. The van der Waals surface area contributed by atoms with Crippen LogP contribution in [-0.2, 0) is 87.1 Å². The highest BCUT2D eigenvalue weighted by Gasteiger charge is 2.30. The lowest BCUT2D eigenvalue weighted by Crippen LogP contribution is -2.27. The number of nitrogens with zero attached hydrogens (tertiary/aromatic N) is 2. The van der Waals surface area contributed by atoms with Gasteiger partial charge in [0, 0.05) is 80.6 Å². The molecule has 3 amide bonds. The molecule has 93 heavy (non-hydrogen) atoms. The predicted molar refractivity (Wildman–Crippen MR) is 347 cm³/mol. The maximum atomic E-state index is 13.8. The summed E-state index contributed by atoms with van der Waals surface area (Å²) in [5, 5.41) is 8.67. The molecule has 3 N–H and O–H groups in total. The quantitative estimate of drug-likeness (QED) is 0.0309. The average Bonchev–Trinajstić information content (AvgIpc) is 0.843. The molecule has 0 bridgehead atoms. The number of carbonyl (C=O) groups is 3. The molecule has 0 saturated heterocycles. The molecule has 0 fully saturated rings. The van der Waals surface area contributed by atoms with Gasteiger partial charge in [-0.1, -0.05) is 36.4 Å². The predicted octanol–water partition coefficient (Wildman–Crippen LogP) is 8.94. The molecule has 5 rings (SSSR count). The van der Waals surface area contributed by atoms with Crippen LogP contribution in [0.3, 0.4) is 0 Å². The first-order chi connectivity index (χ1) is 45.5. The van der Waals surface area contributed by atoms with Crippen molar-refractivity contribution < 1.29 is 89.1 Å². The topological polar surface area (TPSA) is 223 Å². The largest absolute Gasteiger partial charge is 0.416 e.